The van der Waals surface area contributed by atoms with E-state index >= 15 is 0 Å². The summed E-state index contributed by atoms with van der Waals surface area (Å²) in [5.74, 6) is 0. The lowest BCUT2D eigenvalue weighted by atomic mass is 10.3. The van der Waals surface area contributed by atoms with Crippen molar-refractivity contribution in [1.82, 2.24) is 10.2 Å². The lowest BCUT2D eigenvalue weighted by molar-refractivity contribution is 0.249. The maximum absolute atomic E-state index is 11.7. The molecule has 5 nitrogen and oxygen atoms in total. The van der Waals surface area contributed by atoms with Crippen molar-refractivity contribution in [3.05, 3.63) is 24.3 Å². The Bertz CT molecular complexity index is 411. The van der Waals surface area contributed by atoms with Crippen molar-refractivity contribution in [2.45, 2.75) is 12.8 Å². The molecule has 3 N–H and O–H groups in total. The summed E-state index contributed by atoms with van der Waals surface area (Å²) in [5, 5.41) is 8.74. The van der Waals surface area contributed by atoms with Crippen LogP contribution in [0, 0.1) is 0 Å². The van der Waals surface area contributed by atoms with Crippen molar-refractivity contribution in [2.75, 3.05) is 43.9 Å². The molecule has 0 bridgehead atoms. The highest BCUT2D eigenvalue weighted by atomic mass is 16.2. The Balaban J connectivity index is 0. The van der Waals surface area contributed by atoms with Gasteiger partial charge in [0.25, 0.3) is 0 Å². The minimum atomic E-state index is -0.142. The van der Waals surface area contributed by atoms with Gasteiger partial charge in [0.15, 0.2) is 0 Å². The fourth-order valence-corrected chi connectivity index (χ4v) is 2.23. The average Bonchev–Trinajstić information content (AvgIpc) is 2.93. The van der Waals surface area contributed by atoms with Crippen molar-refractivity contribution in [3.63, 3.8) is 0 Å². The maximum atomic E-state index is 11.7. The third-order valence-corrected chi connectivity index (χ3v) is 3.34. The van der Waals surface area contributed by atoms with Crippen molar-refractivity contribution < 1.29 is 9.07 Å². The largest absolute Gasteiger partial charge is 0.388 e. The zero-order chi connectivity index (χ0) is 13.5. The molecule has 1 saturated heterocycles. The van der Waals surface area contributed by atoms with E-state index in [0.717, 1.165) is 31.0 Å². The number of likely N-dealkylation sites (tertiary alicyclic amines) is 1. The Hall–Kier alpha value is -1.75. The molecule has 0 radical (unpaired) electrons. The van der Waals surface area contributed by atoms with Crippen molar-refractivity contribution in [1.29, 1.82) is 0 Å². The third kappa shape index (κ3) is 4.44. The van der Waals surface area contributed by atoms with Crippen LogP contribution in [-0.4, -0.2) is 44.2 Å². The first-order valence-electron chi connectivity index (χ1n) is 6.83. The van der Waals surface area contributed by atoms with Crippen LogP contribution in [0.15, 0.2) is 24.3 Å². The molecular formula is C14H28N4O. The van der Waals surface area contributed by atoms with E-state index in [9.17, 15) is 4.79 Å². The number of carbonyl (C=O) groups is 1. The highest BCUT2D eigenvalue weighted by Gasteiger charge is 2.10. The van der Waals surface area contributed by atoms with Crippen LogP contribution in [0.5, 0.6) is 0 Å². The molecule has 1 aromatic carbocycles. The molecule has 0 saturated carbocycles. The summed E-state index contributed by atoms with van der Waals surface area (Å²) in [4.78, 5) is 14.1. The van der Waals surface area contributed by atoms with Crippen molar-refractivity contribution in [3.8, 4) is 0 Å². The normalized spacial score (nSPS) is 15.2. The van der Waals surface area contributed by atoms with Crippen LogP contribution in [0.2, 0.25) is 0 Å². The van der Waals surface area contributed by atoms with Gasteiger partial charge in [-0.25, -0.2) is 4.79 Å². The summed E-state index contributed by atoms with van der Waals surface area (Å²) in [5.41, 5.74) is 1.83. The second-order valence-electron chi connectivity index (χ2n) is 4.76. The third-order valence-electron chi connectivity index (χ3n) is 3.34. The van der Waals surface area contributed by atoms with E-state index < -0.39 is 0 Å². The quantitative estimate of drug-likeness (QED) is 0.769. The molecule has 1 fully saturated rings. The number of nitrogens with one attached hydrogen (secondary N) is 3. The zero-order valence-electron chi connectivity index (χ0n) is 11.4. The number of amides is 2. The lowest BCUT2D eigenvalue weighted by Gasteiger charge is -2.15. The van der Waals surface area contributed by atoms with Crippen LogP contribution in [0.3, 0.4) is 0 Å². The molecular weight excluding hydrogens is 240 g/mol. The van der Waals surface area contributed by atoms with Crippen LogP contribution < -0.4 is 16.0 Å². The van der Waals surface area contributed by atoms with Gasteiger partial charge in [-0.3, -0.25) is 0 Å². The van der Waals surface area contributed by atoms with Crippen molar-refractivity contribution in [2.24, 2.45) is 0 Å². The first-order chi connectivity index (χ1) is 9.28. The van der Waals surface area contributed by atoms with Gasteiger partial charge in [-0.05, 0) is 50.2 Å². The monoisotopic (exact) mass is 268 g/mol. The van der Waals surface area contributed by atoms with Gasteiger partial charge in [-0.1, -0.05) is 0 Å². The Morgan fingerprint density at radius 2 is 1.84 bits per heavy atom. The van der Waals surface area contributed by atoms with Crippen LogP contribution in [0.25, 0.3) is 0 Å². The number of hydrogen-bond acceptors (Lipinski definition) is 3. The predicted octanol–water partition coefficient (Wildman–Crippen LogP) is 2.68. The number of rotatable bonds is 5. The van der Waals surface area contributed by atoms with Crippen LogP contribution in [-0.2, 0) is 0 Å². The van der Waals surface area contributed by atoms with Gasteiger partial charge in [-0.15, -0.1) is 0 Å². The van der Waals surface area contributed by atoms with E-state index in [-0.39, 0.29) is 10.3 Å². The Labute approximate surface area is 118 Å². The van der Waals surface area contributed by atoms with Gasteiger partial charge in [0.2, 0.25) is 0 Å². The number of anilines is 2. The molecule has 2 amide bonds. The van der Waals surface area contributed by atoms with Gasteiger partial charge < -0.3 is 20.9 Å². The fourth-order valence-electron chi connectivity index (χ4n) is 2.23. The highest BCUT2D eigenvalue weighted by molar-refractivity contribution is 5.89. The Morgan fingerprint density at radius 3 is 2.47 bits per heavy atom. The minimum absolute atomic E-state index is 0. The van der Waals surface area contributed by atoms with Gasteiger partial charge in [0.05, 0.1) is 0 Å². The molecule has 0 aliphatic carbocycles. The van der Waals surface area contributed by atoms with Crippen molar-refractivity contribution >= 4 is 17.4 Å². The summed E-state index contributed by atoms with van der Waals surface area (Å²) in [6, 6.07) is 7.48. The molecule has 1 heterocycles. The molecule has 1 aliphatic rings. The van der Waals surface area contributed by atoms with E-state index in [2.05, 4.69) is 20.9 Å². The molecule has 110 valence electrons. The summed E-state index contributed by atoms with van der Waals surface area (Å²) in [6.45, 7) is 3.95. The average molecular weight is 268 g/mol. The molecule has 0 aromatic heterocycles. The van der Waals surface area contributed by atoms with Gasteiger partial charge in [0, 0.05) is 35.8 Å². The SMILES string of the molecule is CNc1ccc(NC(=O)NCCN2CCCC2)cc1.[HH].[HH].[HH]. The summed E-state index contributed by atoms with van der Waals surface area (Å²) >= 11 is 0. The van der Waals surface area contributed by atoms with E-state index in [0.29, 0.717) is 6.54 Å². The summed E-state index contributed by atoms with van der Waals surface area (Å²) in [6.07, 6.45) is 2.56. The van der Waals surface area contributed by atoms with Crippen LogP contribution in [0.1, 0.15) is 17.1 Å². The number of hydrogen-bond donors (Lipinski definition) is 3. The van der Waals surface area contributed by atoms with Crippen LogP contribution in [0.4, 0.5) is 16.2 Å². The highest BCUT2D eigenvalue weighted by Crippen LogP contribution is 2.12. The zero-order valence-corrected chi connectivity index (χ0v) is 11.4. The Kier molecular flexibility index (Phi) is 5.03. The molecule has 1 aliphatic heterocycles. The molecule has 0 spiro atoms. The number of carbonyl (C=O) groups excluding carboxylic acids is 1. The van der Waals surface area contributed by atoms with E-state index in [1.54, 1.807) is 0 Å². The molecule has 1 aromatic rings. The predicted molar refractivity (Wildman–Crippen MR) is 85.0 cm³/mol. The molecule has 19 heavy (non-hydrogen) atoms. The second-order valence-corrected chi connectivity index (χ2v) is 4.76. The lowest BCUT2D eigenvalue weighted by Crippen LogP contribution is -2.35. The summed E-state index contributed by atoms with van der Waals surface area (Å²) in [7, 11) is 1.87. The molecule has 5 heteroatoms. The number of benzene rings is 1. The fraction of sp³-hybridized carbons (Fsp3) is 0.500. The summed E-state index contributed by atoms with van der Waals surface area (Å²) < 4.78 is 0. The molecule has 2 rings (SSSR count). The van der Waals surface area contributed by atoms with Gasteiger partial charge in [0.1, 0.15) is 0 Å². The molecule has 0 unspecified atom stereocenters. The van der Waals surface area contributed by atoms with Crippen LogP contribution >= 0.6 is 0 Å². The first-order valence-corrected chi connectivity index (χ1v) is 6.83. The maximum Gasteiger partial charge on any atom is 0.319 e. The van der Waals surface area contributed by atoms with Gasteiger partial charge in [-0.2, -0.15) is 0 Å². The van der Waals surface area contributed by atoms with E-state index in [1.807, 2.05) is 31.3 Å². The number of urea groups is 1. The molecule has 0 atom stereocenters. The minimum Gasteiger partial charge on any atom is -0.388 e. The standard InChI is InChI=1S/C14H22N4O.3H2/c1-15-12-4-6-13(7-5-12)17-14(19)16-8-11-18-9-2-3-10-18;;;/h4-7,15H,2-3,8-11H2,1H3,(H2,16,17,19);3*1H. The van der Waals surface area contributed by atoms with E-state index in [1.165, 1.54) is 12.8 Å². The van der Waals surface area contributed by atoms with E-state index in [4.69, 9.17) is 0 Å². The topological polar surface area (TPSA) is 56.4 Å². The number of nitrogens with zero attached hydrogens (tertiary/aromatic N) is 1. The first kappa shape index (κ1) is 13.7. The van der Waals surface area contributed by atoms with Gasteiger partial charge >= 0.3 is 6.03 Å². The Morgan fingerprint density at radius 1 is 1.21 bits per heavy atom. The second kappa shape index (κ2) is 6.99. The smallest absolute Gasteiger partial charge is 0.319 e.